The van der Waals surface area contributed by atoms with Gasteiger partial charge in [0.15, 0.2) is 17.5 Å². The van der Waals surface area contributed by atoms with Gasteiger partial charge in [0.05, 0.1) is 21.3 Å². The Bertz CT molecular complexity index is 866. The first kappa shape index (κ1) is 26.1. The van der Waals surface area contributed by atoms with Gasteiger partial charge in [-0.05, 0) is 41.7 Å². The summed E-state index contributed by atoms with van der Waals surface area (Å²) in [5.74, 6) is 2.66. The minimum atomic E-state index is 0. The fraction of sp³-hybridized carbons (Fsp3) is 0.458. The molecule has 0 amide bonds. The third-order valence-electron chi connectivity index (χ3n) is 5.56. The number of hydrogen-bond donors (Lipinski definition) is 2. The fourth-order valence-corrected chi connectivity index (χ4v) is 3.90. The van der Waals surface area contributed by atoms with Crippen LogP contribution >= 0.6 is 24.0 Å². The Morgan fingerprint density at radius 2 is 1.69 bits per heavy atom. The molecule has 1 aliphatic rings. The van der Waals surface area contributed by atoms with E-state index < -0.39 is 0 Å². The molecule has 32 heavy (non-hydrogen) atoms. The number of benzene rings is 2. The maximum Gasteiger partial charge on any atom is 0.203 e. The lowest BCUT2D eigenvalue weighted by atomic mass is 10.00. The molecule has 0 saturated carbocycles. The van der Waals surface area contributed by atoms with Crippen LogP contribution in [0.5, 0.6) is 17.2 Å². The summed E-state index contributed by atoms with van der Waals surface area (Å²) < 4.78 is 16.2. The highest BCUT2D eigenvalue weighted by atomic mass is 127. The SMILES string of the molecule is CN=C(NCCCN1CCc2ccccc2C1)NCc1cc(OC)c(OC)c(OC)c1.I. The highest BCUT2D eigenvalue weighted by molar-refractivity contribution is 14.0. The zero-order valence-electron chi connectivity index (χ0n) is 19.4. The van der Waals surface area contributed by atoms with E-state index in [2.05, 4.69) is 44.8 Å². The van der Waals surface area contributed by atoms with Gasteiger partial charge in [0.1, 0.15) is 0 Å². The van der Waals surface area contributed by atoms with Crippen molar-refractivity contribution in [1.29, 1.82) is 0 Å². The third-order valence-corrected chi connectivity index (χ3v) is 5.56. The van der Waals surface area contributed by atoms with Gasteiger partial charge in [0.2, 0.25) is 5.75 Å². The molecule has 1 heterocycles. The van der Waals surface area contributed by atoms with E-state index in [9.17, 15) is 0 Å². The Morgan fingerprint density at radius 1 is 1.00 bits per heavy atom. The van der Waals surface area contributed by atoms with E-state index in [0.29, 0.717) is 23.8 Å². The normalized spacial score (nSPS) is 13.6. The molecule has 0 fully saturated rings. The minimum Gasteiger partial charge on any atom is -0.493 e. The van der Waals surface area contributed by atoms with Crippen molar-refractivity contribution in [2.75, 3.05) is 48.0 Å². The zero-order valence-corrected chi connectivity index (χ0v) is 21.8. The van der Waals surface area contributed by atoms with E-state index in [-0.39, 0.29) is 24.0 Å². The summed E-state index contributed by atoms with van der Waals surface area (Å²) in [4.78, 5) is 6.85. The maximum atomic E-state index is 5.43. The predicted molar refractivity (Wildman–Crippen MR) is 140 cm³/mol. The summed E-state index contributed by atoms with van der Waals surface area (Å²) in [7, 11) is 6.63. The first-order valence-electron chi connectivity index (χ1n) is 10.7. The van der Waals surface area contributed by atoms with Gasteiger partial charge in [-0.2, -0.15) is 0 Å². The molecule has 8 heteroatoms. The molecule has 0 atom stereocenters. The number of rotatable bonds is 9. The van der Waals surface area contributed by atoms with Crippen molar-refractivity contribution in [2.24, 2.45) is 4.99 Å². The first-order chi connectivity index (χ1) is 15.2. The van der Waals surface area contributed by atoms with Crippen LogP contribution in [0.3, 0.4) is 0 Å². The van der Waals surface area contributed by atoms with Gasteiger partial charge in [0.25, 0.3) is 0 Å². The van der Waals surface area contributed by atoms with Crippen molar-refractivity contribution >= 4 is 29.9 Å². The van der Waals surface area contributed by atoms with Gasteiger partial charge in [0, 0.05) is 39.8 Å². The van der Waals surface area contributed by atoms with Crippen molar-refractivity contribution < 1.29 is 14.2 Å². The quantitative estimate of drug-likeness (QED) is 0.214. The summed E-state index contributed by atoms with van der Waals surface area (Å²) in [6, 6.07) is 12.6. The van der Waals surface area contributed by atoms with E-state index in [0.717, 1.165) is 50.5 Å². The molecule has 2 aromatic rings. The Balaban J connectivity index is 0.00000363. The average molecular weight is 554 g/mol. The molecule has 0 radical (unpaired) electrons. The number of hydrogen-bond acceptors (Lipinski definition) is 5. The lowest BCUT2D eigenvalue weighted by Gasteiger charge is -2.28. The van der Waals surface area contributed by atoms with E-state index >= 15 is 0 Å². The topological polar surface area (TPSA) is 67.4 Å². The number of aliphatic imine (C=N–C) groups is 1. The molecule has 176 valence electrons. The third kappa shape index (κ3) is 6.90. The van der Waals surface area contributed by atoms with Gasteiger partial charge in [-0.1, -0.05) is 24.3 Å². The predicted octanol–water partition coefficient (Wildman–Crippen LogP) is 3.44. The number of ether oxygens (including phenoxy) is 3. The van der Waals surface area contributed by atoms with Crippen LogP contribution in [0.1, 0.15) is 23.1 Å². The molecule has 0 unspecified atom stereocenters. The molecular weight excluding hydrogens is 519 g/mol. The van der Waals surface area contributed by atoms with Crippen LogP contribution in [-0.2, 0) is 19.5 Å². The van der Waals surface area contributed by atoms with Gasteiger partial charge in [-0.25, -0.2) is 0 Å². The molecule has 3 rings (SSSR count). The monoisotopic (exact) mass is 554 g/mol. The Hall–Kier alpha value is -2.20. The molecular formula is C24H35IN4O3. The molecule has 2 N–H and O–H groups in total. The smallest absolute Gasteiger partial charge is 0.203 e. The van der Waals surface area contributed by atoms with Crippen LogP contribution in [0.25, 0.3) is 0 Å². The molecule has 0 bridgehead atoms. The number of halogens is 1. The molecule has 7 nitrogen and oxygen atoms in total. The van der Waals surface area contributed by atoms with Gasteiger partial charge < -0.3 is 24.8 Å². The summed E-state index contributed by atoms with van der Waals surface area (Å²) in [5.41, 5.74) is 3.97. The zero-order chi connectivity index (χ0) is 22.1. The van der Waals surface area contributed by atoms with Crippen molar-refractivity contribution in [1.82, 2.24) is 15.5 Å². The first-order valence-corrected chi connectivity index (χ1v) is 10.7. The summed E-state index contributed by atoms with van der Waals surface area (Å²) in [6.45, 7) is 4.72. The number of methoxy groups -OCH3 is 3. The van der Waals surface area contributed by atoms with Crippen molar-refractivity contribution in [3.63, 3.8) is 0 Å². The summed E-state index contributed by atoms with van der Waals surface area (Å²) in [6.07, 6.45) is 2.20. The lowest BCUT2D eigenvalue weighted by Crippen LogP contribution is -2.39. The molecule has 0 spiro atoms. The van der Waals surface area contributed by atoms with E-state index in [1.807, 2.05) is 12.1 Å². The largest absolute Gasteiger partial charge is 0.493 e. The second-order valence-corrected chi connectivity index (χ2v) is 7.53. The van der Waals surface area contributed by atoms with Crippen LogP contribution in [-0.4, -0.2) is 58.9 Å². The van der Waals surface area contributed by atoms with E-state index in [1.165, 1.54) is 11.1 Å². The minimum absolute atomic E-state index is 0. The molecule has 0 aromatic heterocycles. The highest BCUT2D eigenvalue weighted by Crippen LogP contribution is 2.38. The second kappa shape index (κ2) is 13.4. The Morgan fingerprint density at radius 3 is 2.31 bits per heavy atom. The Labute approximate surface area is 208 Å². The van der Waals surface area contributed by atoms with Crippen molar-refractivity contribution in [3.8, 4) is 17.2 Å². The summed E-state index contributed by atoms with van der Waals surface area (Å²) in [5, 5.41) is 6.75. The van der Waals surface area contributed by atoms with Gasteiger partial charge in [-0.3, -0.25) is 9.89 Å². The van der Waals surface area contributed by atoms with Crippen LogP contribution in [0.2, 0.25) is 0 Å². The van der Waals surface area contributed by atoms with Crippen molar-refractivity contribution in [2.45, 2.75) is 25.9 Å². The Kier molecular flexibility index (Phi) is 10.9. The van der Waals surface area contributed by atoms with E-state index in [1.54, 1.807) is 28.4 Å². The standard InChI is InChI=1S/C24H34N4O3.HI/c1-25-24(27-16-18-14-21(29-2)23(31-4)22(15-18)30-3)26-11-7-12-28-13-10-19-8-5-6-9-20(19)17-28;/h5-6,8-9,14-15H,7,10-13,16-17H2,1-4H3,(H2,25,26,27);1H. The van der Waals surface area contributed by atoms with E-state index in [4.69, 9.17) is 14.2 Å². The molecule has 0 saturated heterocycles. The number of nitrogens with zero attached hydrogens (tertiary/aromatic N) is 2. The van der Waals surface area contributed by atoms with Crippen LogP contribution in [0.4, 0.5) is 0 Å². The highest BCUT2D eigenvalue weighted by Gasteiger charge is 2.15. The number of guanidine groups is 1. The van der Waals surface area contributed by atoms with Gasteiger partial charge >= 0.3 is 0 Å². The fourth-order valence-electron chi connectivity index (χ4n) is 3.90. The number of fused-ring (bicyclic) bond motifs is 1. The molecule has 0 aliphatic carbocycles. The van der Waals surface area contributed by atoms with Crippen molar-refractivity contribution in [3.05, 3.63) is 53.1 Å². The lowest BCUT2D eigenvalue weighted by molar-refractivity contribution is 0.251. The average Bonchev–Trinajstić information content (AvgIpc) is 2.82. The van der Waals surface area contributed by atoms with Crippen LogP contribution in [0, 0.1) is 0 Å². The van der Waals surface area contributed by atoms with Crippen LogP contribution in [0.15, 0.2) is 41.4 Å². The second-order valence-electron chi connectivity index (χ2n) is 7.53. The van der Waals surface area contributed by atoms with Crippen LogP contribution < -0.4 is 24.8 Å². The summed E-state index contributed by atoms with van der Waals surface area (Å²) >= 11 is 0. The molecule has 2 aromatic carbocycles. The number of nitrogens with one attached hydrogen (secondary N) is 2. The van der Waals surface area contributed by atoms with Gasteiger partial charge in [-0.15, -0.1) is 24.0 Å². The maximum absolute atomic E-state index is 5.43. The molecule has 1 aliphatic heterocycles.